The van der Waals surface area contributed by atoms with Gasteiger partial charge < -0.3 is 5.11 Å². The molecule has 0 unspecified atom stereocenters. The van der Waals surface area contributed by atoms with Gasteiger partial charge in [0.2, 0.25) is 0 Å². The van der Waals surface area contributed by atoms with E-state index in [2.05, 4.69) is 6.07 Å². The van der Waals surface area contributed by atoms with Gasteiger partial charge in [-0.15, -0.1) is 0 Å². The van der Waals surface area contributed by atoms with Crippen molar-refractivity contribution in [3.63, 3.8) is 0 Å². The van der Waals surface area contributed by atoms with Crippen molar-refractivity contribution < 1.29 is 14.3 Å². The lowest BCUT2D eigenvalue weighted by Gasteiger charge is -2.16. The van der Waals surface area contributed by atoms with E-state index in [4.69, 9.17) is 24.4 Å². The molecule has 1 N–H and O–H groups in total. The Morgan fingerprint density at radius 2 is 1.25 bits per heavy atom. The van der Waals surface area contributed by atoms with E-state index < -0.39 is 11.8 Å². The van der Waals surface area contributed by atoms with Gasteiger partial charge in [-0.1, -0.05) is 79.0 Å². The van der Waals surface area contributed by atoms with Crippen LogP contribution in [0.3, 0.4) is 0 Å². The molecule has 3 aromatic rings. The molecule has 0 fully saturated rings. The number of carboxylic acid groups (broad SMARTS) is 1. The predicted octanol–water partition coefficient (Wildman–Crippen LogP) is 6.84. The van der Waals surface area contributed by atoms with E-state index >= 15 is 4.39 Å². The molecule has 0 bridgehead atoms. The van der Waals surface area contributed by atoms with Gasteiger partial charge in [-0.25, -0.2) is 9.18 Å². The number of aryl methyl sites for hydroxylation is 4. The van der Waals surface area contributed by atoms with E-state index in [1.807, 2.05) is 56.3 Å². The fraction of sp³-hybridized carbons (Fsp3) is 0.222. The summed E-state index contributed by atoms with van der Waals surface area (Å²) in [5.41, 5.74) is 4.92. The summed E-state index contributed by atoms with van der Waals surface area (Å²) in [5.74, 6) is -2.12. The molecular weight excluding hydrogens is 439 g/mol. The Bertz CT molecular complexity index is 1180. The van der Waals surface area contributed by atoms with E-state index in [9.17, 15) is 9.90 Å². The zero-order valence-corrected chi connectivity index (χ0v) is 19.8. The van der Waals surface area contributed by atoms with Crippen LogP contribution in [0, 0.1) is 19.7 Å². The molecule has 164 valence electrons. The molecule has 3 aromatic carbocycles. The third-order valence-corrected chi connectivity index (χ3v) is 6.55. The number of carbonyl (C=O) groups is 1. The third-order valence-electron chi connectivity index (χ3n) is 5.72. The van der Waals surface area contributed by atoms with Crippen molar-refractivity contribution >= 4 is 40.1 Å². The maximum absolute atomic E-state index is 15.3. The molecule has 0 aliphatic heterocycles. The molecule has 3 rings (SSSR count). The molecule has 0 aromatic heterocycles. The molecule has 0 saturated carbocycles. The Hall–Kier alpha value is -2.76. The van der Waals surface area contributed by atoms with Crippen LogP contribution in [0.2, 0.25) is 0 Å². The van der Waals surface area contributed by atoms with Gasteiger partial charge >= 0.3 is 5.97 Å². The first-order valence-electron chi connectivity index (χ1n) is 10.5. The molecular formula is C27H25FO2S2. The fourth-order valence-corrected chi connectivity index (χ4v) is 4.36. The normalized spacial score (nSPS) is 10.7. The molecule has 5 heteroatoms. The molecule has 2 nitrogen and oxygen atoms in total. The number of benzene rings is 3. The topological polar surface area (TPSA) is 37.3 Å². The summed E-state index contributed by atoms with van der Waals surface area (Å²) in [4.78, 5) is 12.5. The Labute approximate surface area is 199 Å². The summed E-state index contributed by atoms with van der Waals surface area (Å²) >= 11 is 11.3. The lowest BCUT2D eigenvalue weighted by molar-refractivity contribution is 0.0692. The van der Waals surface area contributed by atoms with E-state index in [0.717, 1.165) is 17.5 Å². The van der Waals surface area contributed by atoms with Gasteiger partial charge in [0, 0.05) is 15.3 Å². The Morgan fingerprint density at radius 1 is 0.781 bits per heavy atom. The van der Waals surface area contributed by atoms with Crippen molar-refractivity contribution in [1.82, 2.24) is 0 Å². The zero-order chi connectivity index (χ0) is 23.3. The standard InChI is InChI=1S/C27H25FO2S2/c1-17-7-3-5-9-19(17)11-15-23(31)21-13-14-22(27(29)30)26(28)25(21)24(32)16-12-20-10-6-4-8-18(20)2/h3-10,13-14H,11-12,15-16H2,1-2H3,(H,29,30). The van der Waals surface area contributed by atoms with E-state index in [1.54, 1.807) is 6.07 Å². The summed E-state index contributed by atoms with van der Waals surface area (Å²) in [5, 5.41) is 9.41. The van der Waals surface area contributed by atoms with Crippen LogP contribution in [0.5, 0.6) is 0 Å². The van der Waals surface area contributed by atoms with E-state index in [0.29, 0.717) is 34.6 Å². The van der Waals surface area contributed by atoms with Crippen LogP contribution in [0.1, 0.15) is 56.6 Å². The number of rotatable bonds is 9. The number of thiocarbonyl (C=S) groups is 2. The molecule has 32 heavy (non-hydrogen) atoms. The predicted molar refractivity (Wildman–Crippen MR) is 136 cm³/mol. The zero-order valence-electron chi connectivity index (χ0n) is 18.2. The highest BCUT2D eigenvalue weighted by Gasteiger charge is 2.22. The first-order valence-corrected chi connectivity index (χ1v) is 11.3. The van der Waals surface area contributed by atoms with E-state index in [1.165, 1.54) is 17.2 Å². The molecule has 0 radical (unpaired) electrons. The SMILES string of the molecule is Cc1ccccc1CCC(=S)c1ccc(C(=O)O)c(F)c1C(=S)CCc1ccccc1C. The van der Waals surface area contributed by atoms with Crippen LogP contribution in [0.15, 0.2) is 60.7 Å². The summed E-state index contributed by atoms with van der Waals surface area (Å²) in [7, 11) is 0. The molecule has 0 heterocycles. The highest BCUT2D eigenvalue weighted by molar-refractivity contribution is 7.81. The van der Waals surface area contributed by atoms with Crippen LogP contribution in [0.4, 0.5) is 4.39 Å². The number of carboxylic acids is 1. The maximum atomic E-state index is 15.3. The lowest BCUT2D eigenvalue weighted by atomic mass is 9.92. The van der Waals surface area contributed by atoms with Crippen molar-refractivity contribution in [2.24, 2.45) is 0 Å². The van der Waals surface area contributed by atoms with Crippen LogP contribution >= 0.6 is 24.4 Å². The third kappa shape index (κ3) is 5.53. The summed E-state index contributed by atoms with van der Waals surface area (Å²) in [6.07, 6.45) is 2.37. The molecule has 0 amide bonds. The first kappa shape index (κ1) is 23.9. The minimum absolute atomic E-state index is 0.156. The van der Waals surface area contributed by atoms with Gasteiger partial charge in [0.05, 0.1) is 5.56 Å². The van der Waals surface area contributed by atoms with Gasteiger partial charge in [0.15, 0.2) is 0 Å². The number of halogens is 1. The molecule has 0 aliphatic rings. The Kier molecular flexibility index (Phi) is 7.99. The van der Waals surface area contributed by atoms with Gasteiger partial charge in [-0.2, -0.15) is 0 Å². The van der Waals surface area contributed by atoms with Gasteiger partial charge in [-0.3, -0.25) is 0 Å². The van der Waals surface area contributed by atoms with Gasteiger partial charge in [0.25, 0.3) is 0 Å². The quantitative estimate of drug-likeness (QED) is 0.278. The smallest absolute Gasteiger partial charge is 0.338 e. The minimum atomic E-state index is -1.32. The van der Waals surface area contributed by atoms with Crippen molar-refractivity contribution in [2.45, 2.75) is 39.5 Å². The van der Waals surface area contributed by atoms with Crippen LogP contribution < -0.4 is 0 Å². The highest BCUT2D eigenvalue weighted by atomic mass is 32.1. The van der Waals surface area contributed by atoms with Crippen LogP contribution in [0.25, 0.3) is 0 Å². The summed E-state index contributed by atoms with van der Waals surface area (Å²) in [6, 6.07) is 18.9. The maximum Gasteiger partial charge on any atom is 0.338 e. The second-order valence-corrected chi connectivity index (χ2v) is 8.84. The summed E-state index contributed by atoms with van der Waals surface area (Å²) in [6.45, 7) is 4.07. The average molecular weight is 465 g/mol. The van der Waals surface area contributed by atoms with E-state index in [-0.39, 0.29) is 11.1 Å². The van der Waals surface area contributed by atoms with Crippen molar-refractivity contribution in [2.75, 3.05) is 0 Å². The first-order chi connectivity index (χ1) is 15.3. The van der Waals surface area contributed by atoms with Gasteiger partial charge in [-0.05, 0) is 73.4 Å². The lowest BCUT2D eigenvalue weighted by Crippen LogP contribution is -2.15. The Morgan fingerprint density at radius 3 is 1.75 bits per heavy atom. The second kappa shape index (κ2) is 10.7. The second-order valence-electron chi connectivity index (χ2n) is 7.85. The largest absolute Gasteiger partial charge is 0.478 e. The average Bonchev–Trinajstić information content (AvgIpc) is 2.77. The van der Waals surface area contributed by atoms with Crippen LogP contribution in [-0.4, -0.2) is 20.8 Å². The monoisotopic (exact) mass is 464 g/mol. The molecule has 0 saturated heterocycles. The highest BCUT2D eigenvalue weighted by Crippen LogP contribution is 2.25. The minimum Gasteiger partial charge on any atom is -0.478 e. The van der Waals surface area contributed by atoms with Crippen molar-refractivity contribution in [3.05, 3.63) is 105 Å². The van der Waals surface area contributed by atoms with Crippen molar-refractivity contribution in [1.29, 1.82) is 0 Å². The molecule has 0 aliphatic carbocycles. The summed E-state index contributed by atoms with van der Waals surface area (Å²) < 4.78 is 15.3. The van der Waals surface area contributed by atoms with Crippen LogP contribution in [-0.2, 0) is 12.8 Å². The van der Waals surface area contributed by atoms with Gasteiger partial charge in [0.1, 0.15) is 5.82 Å². The number of hydrogen-bond donors (Lipinski definition) is 1. The molecule has 0 spiro atoms. The van der Waals surface area contributed by atoms with Crippen molar-refractivity contribution in [3.8, 4) is 0 Å². The Balaban J connectivity index is 1.88. The number of hydrogen-bond acceptors (Lipinski definition) is 3. The fourth-order valence-electron chi connectivity index (χ4n) is 3.78. The molecule has 0 atom stereocenters. The number of aromatic carboxylic acids is 1.